The first kappa shape index (κ1) is 12.8. The summed E-state index contributed by atoms with van der Waals surface area (Å²) in [6.07, 6.45) is 0. The van der Waals surface area contributed by atoms with Crippen LogP contribution in [-0.4, -0.2) is 0 Å². The molecule has 0 heterocycles. The quantitative estimate of drug-likeness (QED) is 0.449. The highest BCUT2D eigenvalue weighted by atomic mass is 17.2. The topological polar surface area (TPSA) is 18.5 Å². The van der Waals surface area contributed by atoms with Crippen molar-refractivity contribution in [2.45, 2.75) is 27.1 Å². The molecule has 0 saturated carbocycles. The Morgan fingerprint density at radius 2 is 1.06 bits per heavy atom. The molecule has 0 spiro atoms. The smallest absolute Gasteiger partial charge is 0.108 e. The second kappa shape index (κ2) is 6.34. The number of aryl methyl sites for hydroxylation is 2. The summed E-state index contributed by atoms with van der Waals surface area (Å²) in [6, 6.07) is 16.3. The molecule has 0 unspecified atom stereocenters. The molecule has 2 heteroatoms. The van der Waals surface area contributed by atoms with Crippen LogP contribution in [-0.2, 0) is 23.0 Å². The predicted octanol–water partition coefficient (Wildman–Crippen LogP) is 3.95. The predicted molar refractivity (Wildman–Crippen MR) is 71.9 cm³/mol. The summed E-state index contributed by atoms with van der Waals surface area (Å²) < 4.78 is 0. The van der Waals surface area contributed by atoms with Crippen LogP contribution in [0, 0.1) is 13.8 Å². The molecule has 2 aromatic carbocycles. The summed E-state index contributed by atoms with van der Waals surface area (Å²) in [5.74, 6) is 0. The molecule has 94 valence electrons. The summed E-state index contributed by atoms with van der Waals surface area (Å²) in [4.78, 5) is 10.5. The number of benzene rings is 2. The van der Waals surface area contributed by atoms with Gasteiger partial charge in [-0.05, 0) is 36.1 Å². The van der Waals surface area contributed by atoms with Gasteiger partial charge in [-0.25, -0.2) is 9.78 Å². The van der Waals surface area contributed by atoms with Crippen LogP contribution in [0.1, 0.15) is 22.3 Å². The van der Waals surface area contributed by atoms with Crippen LogP contribution in [0.2, 0.25) is 0 Å². The van der Waals surface area contributed by atoms with Crippen molar-refractivity contribution in [1.82, 2.24) is 0 Å². The molecule has 0 saturated heterocycles. The van der Waals surface area contributed by atoms with Gasteiger partial charge in [-0.3, -0.25) is 0 Å². The lowest BCUT2D eigenvalue weighted by atomic mass is 10.1. The van der Waals surface area contributed by atoms with E-state index >= 15 is 0 Å². The Bertz CT molecular complexity index is 458. The first-order valence-corrected chi connectivity index (χ1v) is 6.11. The third kappa shape index (κ3) is 3.42. The third-order valence-electron chi connectivity index (χ3n) is 3.03. The van der Waals surface area contributed by atoms with E-state index in [0.717, 1.165) is 11.1 Å². The fourth-order valence-electron chi connectivity index (χ4n) is 1.75. The molecule has 0 aliphatic heterocycles. The van der Waals surface area contributed by atoms with Crippen LogP contribution in [0.15, 0.2) is 48.5 Å². The Morgan fingerprint density at radius 3 is 1.44 bits per heavy atom. The molecule has 2 nitrogen and oxygen atoms in total. The van der Waals surface area contributed by atoms with E-state index in [9.17, 15) is 0 Å². The van der Waals surface area contributed by atoms with Crippen molar-refractivity contribution in [3.63, 3.8) is 0 Å². The summed E-state index contributed by atoms with van der Waals surface area (Å²) in [7, 11) is 0. The van der Waals surface area contributed by atoms with Crippen LogP contribution in [0.3, 0.4) is 0 Å². The lowest BCUT2D eigenvalue weighted by Crippen LogP contribution is -1.99. The molecule has 0 fully saturated rings. The minimum atomic E-state index is 0.485. The normalized spacial score (nSPS) is 10.6. The molecular weight excluding hydrogens is 224 g/mol. The molecule has 0 N–H and O–H groups in total. The van der Waals surface area contributed by atoms with Crippen LogP contribution in [0.4, 0.5) is 0 Å². The van der Waals surface area contributed by atoms with Gasteiger partial charge in [0.25, 0.3) is 0 Å². The Balaban J connectivity index is 1.80. The lowest BCUT2D eigenvalue weighted by Gasteiger charge is -2.08. The lowest BCUT2D eigenvalue weighted by molar-refractivity contribution is -0.313. The van der Waals surface area contributed by atoms with Gasteiger partial charge in [-0.1, -0.05) is 48.5 Å². The number of rotatable bonds is 5. The first-order valence-electron chi connectivity index (χ1n) is 6.11. The van der Waals surface area contributed by atoms with Gasteiger partial charge in [0, 0.05) is 0 Å². The maximum absolute atomic E-state index is 5.26. The van der Waals surface area contributed by atoms with Crippen molar-refractivity contribution in [3.05, 3.63) is 70.8 Å². The average molecular weight is 242 g/mol. The van der Waals surface area contributed by atoms with Gasteiger partial charge in [0.05, 0.1) is 0 Å². The van der Waals surface area contributed by atoms with Crippen LogP contribution in [0.25, 0.3) is 0 Å². The monoisotopic (exact) mass is 242 g/mol. The van der Waals surface area contributed by atoms with Crippen LogP contribution < -0.4 is 0 Å². The van der Waals surface area contributed by atoms with Crippen molar-refractivity contribution in [2.24, 2.45) is 0 Å². The molecular formula is C16H18O2. The summed E-state index contributed by atoms with van der Waals surface area (Å²) in [5.41, 5.74) is 4.75. The van der Waals surface area contributed by atoms with E-state index in [-0.39, 0.29) is 0 Å². The largest absolute Gasteiger partial charge is 0.232 e. The molecule has 2 rings (SSSR count). The fourth-order valence-corrected chi connectivity index (χ4v) is 1.75. The maximum atomic E-state index is 5.26. The summed E-state index contributed by atoms with van der Waals surface area (Å²) in [6.45, 7) is 5.11. The van der Waals surface area contributed by atoms with E-state index in [0.29, 0.717) is 13.2 Å². The van der Waals surface area contributed by atoms with Gasteiger partial charge in [0.15, 0.2) is 0 Å². The molecule has 0 radical (unpaired) electrons. The zero-order valence-corrected chi connectivity index (χ0v) is 10.8. The Morgan fingerprint density at radius 1 is 0.667 bits per heavy atom. The Labute approximate surface area is 108 Å². The molecule has 0 aliphatic carbocycles. The molecule has 0 aromatic heterocycles. The van der Waals surface area contributed by atoms with Gasteiger partial charge < -0.3 is 0 Å². The third-order valence-corrected chi connectivity index (χ3v) is 3.03. The fraction of sp³-hybridized carbons (Fsp3) is 0.250. The van der Waals surface area contributed by atoms with Gasteiger partial charge in [0.2, 0.25) is 0 Å². The van der Waals surface area contributed by atoms with Crippen LogP contribution in [0.5, 0.6) is 0 Å². The molecule has 0 atom stereocenters. The Hall–Kier alpha value is -1.64. The van der Waals surface area contributed by atoms with Crippen molar-refractivity contribution < 1.29 is 9.78 Å². The molecule has 0 bridgehead atoms. The van der Waals surface area contributed by atoms with E-state index < -0.39 is 0 Å². The van der Waals surface area contributed by atoms with Gasteiger partial charge >= 0.3 is 0 Å². The van der Waals surface area contributed by atoms with E-state index in [4.69, 9.17) is 9.78 Å². The minimum Gasteiger partial charge on any atom is -0.232 e. The van der Waals surface area contributed by atoms with Crippen molar-refractivity contribution >= 4 is 0 Å². The number of hydrogen-bond donors (Lipinski definition) is 0. The van der Waals surface area contributed by atoms with Crippen molar-refractivity contribution in [1.29, 1.82) is 0 Å². The zero-order valence-electron chi connectivity index (χ0n) is 10.8. The molecule has 18 heavy (non-hydrogen) atoms. The summed E-state index contributed by atoms with van der Waals surface area (Å²) >= 11 is 0. The van der Waals surface area contributed by atoms with Gasteiger partial charge in [-0.2, -0.15) is 0 Å². The average Bonchev–Trinajstić information content (AvgIpc) is 2.38. The molecule has 2 aromatic rings. The minimum absolute atomic E-state index is 0.485. The zero-order chi connectivity index (χ0) is 12.8. The Kier molecular flexibility index (Phi) is 4.51. The SMILES string of the molecule is Cc1ccccc1COOCc1ccccc1C. The van der Waals surface area contributed by atoms with E-state index in [1.807, 2.05) is 36.4 Å². The van der Waals surface area contributed by atoms with Gasteiger partial charge in [-0.15, -0.1) is 0 Å². The van der Waals surface area contributed by atoms with E-state index in [2.05, 4.69) is 26.0 Å². The maximum Gasteiger partial charge on any atom is 0.108 e. The highest BCUT2D eigenvalue weighted by Gasteiger charge is 2.00. The highest BCUT2D eigenvalue weighted by molar-refractivity contribution is 5.25. The standard InChI is InChI=1S/C16H18O2/c1-13-7-3-5-9-15(13)11-17-18-12-16-10-6-4-8-14(16)2/h3-10H,11-12H2,1-2H3. The number of hydrogen-bond acceptors (Lipinski definition) is 2. The highest BCUT2D eigenvalue weighted by Crippen LogP contribution is 2.11. The van der Waals surface area contributed by atoms with E-state index in [1.54, 1.807) is 0 Å². The molecule has 0 aliphatic rings. The molecule has 0 amide bonds. The van der Waals surface area contributed by atoms with Crippen molar-refractivity contribution in [3.8, 4) is 0 Å². The van der Waals surface area contributed by atoms with E-state index in [1.165, 1.54) is 11.1 Å². The second-order valence-electron chi connectivity index (χ2n) is 4.38. The van der Waals surface area contributed by atoms with Crippen molar-refractivity contribution in [2.75, 3.05) is 0 Å². The second-order valence-corrected chi connectivity index (χ2v) is 4.38. The van der Waals surface area contributed by atoms with Gasteiger partial charge in [0.1, 0.15) is 13.2 Å². The first-order chi connectivity index (χ1) is 8.77. The van der Waals surface area contributed by atoms with Crippen LogP contribution >= 0.6 is 0 Å². The summed E-state index contributed by atoms with van der Waals surface area (Å²) in [5, 5.41) is 0.